The third kappa shape index (κ3) is 34.3. The smallest absolute Gasteiger partial charge is 0.407 e. The molecule has 36 heavy (non-hydrogen) atoms. The van der Waals surface area contributed by atoms with E-state index in [9.17, 15) is 14.4 Å². The topological polar surface area (TPSA) is 128 Å². The molecule has 0 aliphatic carbocycles. The average Bonchev–Trinajstić information content (AvgIpc) is 2.80. The number of alkyl carbamates (subject to hydrolysis) is 1. The molecule has 0 atom stereocenters. The molecule has 4 N–H and O–H groups in total. The maximum Gasteiger partial charge on any atom is 0.407 e. The number of hydrogen-bond donors (Lipinski definition) is 3. The quantitative estimate of drug-likeness (QED) is 0.114. The Kier molecular flexibility index (Phi) is 26.5. The molecule has 0 spiro atoms. The van der Waals surface area contributed by atoms with Gasteiger partial charge in [-0.2, -0.15) is 0 Å². The van der Waals surface area contributed by atoms with E-state index < -0.39 is 11.6 Å². The zero-order chi connectivity index (χ0) is 27.5. The van der Waals surface area contributed by atoms with E-state index in [1.165, 1.54) is 64.9 Å². The summed E-state index contributed by atoms with van der Waals surface area (Å²) in [5.74, 6) is -0.787. The first kappa shape index (κ1) is 36.3. The Morgan fingerprint density at radius 2 is 1.11 bits per heavy atom. The van der Waals surface area contributed by atoms with Gasteiger partial charge in [0.15, 0.2) is 0 Å². The van der Waals surface area contributed by atoms with Crippen LogP contribution in [0.1, 0.15) is 136 Å². The van der Waals surface area contributed by atoms with Crippen LogP contribution in [-0.4, -0.2) is 48.9 Å². The number of carbonyl (C=O) groups excluding carboxylic acids is 2. The highest BCUT2D eigenvalue weighted by molar-refractivity contribution is 5.69. The Morgan fingerprint density at radius 3 is 1.53 bits per heavy atom. The Balaban J connectivity index is 0. The van der Waals surface area contributed by atoms with E-state index in [1.807, 2.05) is 20.8 Å². The summed E-state index contributed by atoms with van der Waals surface area (Å²) in [6, 6.07) is 0. The van der Waals surface area contributed by atoms with Crippen LogP contribution in [0, 0.1) is 0 Å². The predicted molar refractivity (Wildman–Crippen MR) is 146 cm³/mol. The molecule has 0 bridgehead atoms. The number of unbranched alkanes of at least 4 members (excludes halogenated alkanes) is 14. The van der Waals surface area contributed by atoms with Crippen LogP contribution in [0.3, 0.4) is 0 Å². The van der Waals surface area contributed by atoms with Gasteiger partial charge in [-0.15, -0.1) is 0 Å². The number of amides is 1. The van der Waals surface area contributed by atoms with Crippen molar-refractivity contribution in [1.82, 2.24) is 5.32 Å². The van der Waals surface area contributed by atoms with Crippen molar-refractivity contribution in [2.75, 3.05) is 20.2 Å². The van der Waals surface area contributed by atoms with E-state index in [0.29, 0.717) is 19.4 Å². The van der Waals surface area contributed by atoms with Gasteiger partial charge < -0.3 is 25.6 Å². The number of ether oxygens (including phenoxy) is 2. The summed E-state index contributed by atoms with van der Waals surface area (Å²) in [7, 11) is 1.43. The second kappa shape index (κ2) is 26.2. The van der Waals surface area contributed by atoms with Crippen LogP contribution in [0.25, 0.3) is 0 Å². The van der Waals surface area contributed by atoms with Crippen molar-refractivity contribution in [3.63, 3.8) is 0 Å². The lowest BCUT2D eigenvalue weighted by atomic mass is 10.1. The van der Waals surface area contributed by atoms with Crippen molar-refractivity contribution in [3.05, 3.63) is 0 Å². The number of methoxy groups -OCH3 is 1. The Morgan fingerprint density at radius 1 is 0.694 bits per heavy atom. The number of carboxylic acids is 1. The van der Waals surface area contributed by atoms with Crippen LogP contribution in [0.5, 0.6) is 0 Å². The van der Waals surface area contributed by atoms with Gasteiger partial charge in [0.25, 0.3) is 0 Å². The van der Waals surface area contributed by atoms with Crippen molar-refractivity contribution in [3.8, 4) is 0 Å². The molecule has 0 aromatic heterocycles. The molecule has 0 aromatic carbocycles. The first-order chi connectivity index (χ1) is 17.1. The highest BCUT2D eigenvalue weighted by Crippen LogP contribution is 2.11. The van der Waals surface area contributed by atoms with Gasteiger partial charge in [-0.1, -0.05) is 77.0 Å². The molecular weight excluding hydrogens is 460 g/mol. The molecule has 0 radical (unpaired) electrons. The average molecular weight is 517 g/mol. The van der Waals surface area contributed by atoms with Crippen LogP contribution in [0.2, 0.25) is 0 Å². The van der Waals surface area contributed by atoms with E-state index in [-0.39, 0.29) is 12.1 Å². The van der Waals surface area contributed by atoms with Crippen LogP contribution < -0.4 is 11.1 Å². The number of aliphatic carboxylic acids is 1. The summed E-state index contributed by atoms with van der Waals surface area (Å²) < 4.78 is 9.76. The molecule has 8 nitrogen and oxygen atoms in total. The van der Waals surface area contributed by atoms with Crippen molar-refractivity contribution < 1.29 is 29.0 Å². The predicted octanol–water partition coefficient (Wildman–Crippen LogP) is 6.74. The minimum atomic E-state index is -0.673. The molecule has 0 aliphatic rings. The summed E-state index contributed by atoms with van der Waals surface area (Å²) in [4.78, 5) is 32.5. The number of esters is 1. The van der Waals surface area contributed by atoms with Gasteiger partial charge in [-0.25, -0.2) is 4.79 Å². The maximum atomic E-state index is 11.4. The molecule has 0 rings (SSSR count). The highest BCUT2D eigenvalue weighted by atomic mass is 16.6. The van der Waals surface area contributed by atoms with Gasteiger partial charge in [0.05, 0.1) is 7.11 Å². The molecule has 1 amide bonds. The van der Waals surface area contributed by atoms with Gasteiger partial charge in [0, 0.05) is 19.4 Å². The molecule has 214 valence electrons. The molecule has 0 saturated heterocycles. The Labute approximate surface area is 220 Å². The van der Waals surface area contributed by atoms with Gasteiger partial charge in [0.1, 0.15) is 5.60 Å². The fourth-order valence-corrected chi connectivity index (χ4v) is 3.54. The van der Waals surface area contributed by atoms with Crippen molar-refractivity contribution in [2.24, 2.45) is 5.73 Å². The summed E-state index contributed by atoms with van der Waals surface area (Å²) in [5, 5.41) is 11.2. The standard InChI is InChI=1S/C17H33NO4.C11H23NO2/c1-17(2,3)22-16(20)18-14-12-10-8-6-5-7-9-11-13-15(19)21-4;12-10-8-6-4-2-1-3-5-7-9-11(13)14/h5-14H2,1-4H3,(H,18,20);1-10,12H2,(H,13,14). The second-order valence-corrected chi connectivity index (χ2v) is 10.3. The van der Waals surface area contributed by atoms with Gasteiger partial charge >= 0.3 is 18.0 Å². The molecule has 8 heteroatoms. The SMILES string of the molecule is COC(=O)CCCCCCCCCCNC(=O)OC(C)(C)C.NCCCCCCCCCCC(=O)O. The number of rotatable bonds is 21. The van der Waals surface area contributed by atoms with Gasteiger partial charge in [-0.3, -0.25) is 9.59 Å². The first-order valence-corrected chi connectivity index (χ1v) is 14.1. The van der Waals surface area contributed by atoms with Gasteiger partial charge in [-0.05, 0) is 53.0 Å². The number of carboxylic acid groups (broad SMARTS) is 1. The largest absolute Gasteiger partial charge is 0.481 e. The summed E-state index contributed by atoms with van der Waals surface area (Å²) in [5.41, 5.74) is 4.95. The summed E-state index contributed by atoms with van der Waals surface area (Å²) >= 11 is 0. The van der Waals surface area contributed by atoms with Gasteiger partial charge in [0.2, 0.25) is 0 Å². The minimum Gasteiger partial charge on any atom is -0.481 e. The molecule has 0 saturated carbocycles. The van der Waals surface area contributed by atoms with E-state index >= 15 is 0 Å². The summed E-state index contributed by atoms with van der Waals surface area (Å²) in [6.45, 7) is 7.06. The molecular formula is C28H56N2O6. The lowest BCUT2D eigenvalue weighted by Crippen LogP contribution is -2.32. The zero-order valence-electron chi connectivity index (χ0n) is 23.7. The monoisotopic (exact) mass is 516 g/mol. The third-order valence-corrected chi connectivity index (χ3v) is 5.55. The van der Waals surface area contributed by atoms with Crippen molar-refractivity contribution >= 4 is 18.0 Å². The second-order valence-electron chi connectivity index (χ2n) is 10.3. The lowest BCUT2D eigenvalue weighted by molar-refractivity contribution is -0.141. The highest BCUT2D eigenvalue weighted by Gasteiger charge is 2.15. The fraction of sp³-hybridized carbons (Fsp3) is 0.893. The number of hydrogen-bond acceptors (Lipinski definition) is 6. The normalized spacial score (nSPS) is 10.8. The van der Waals surface area contributed by atoms with Crippen LogP contribution in [-0.2, 0) is 19.1 Å². The lowest BCUT2D eigenvalue weighted by Gasteiger charge is -2.19. The third-order valence-electron chi connectivity index (χ3n) is 5.55. The molecule has 0 fully saturated rings. The summed E-state index contributed by atoms with van der Waals surface area (Å²) in [6.07, 6.45) is 18.7. The van der Waals surface area contributed by atoms with Crippen LogP contribution >= 0.6 is 0 Å². The van der Waals surface area contributed by atoms with Crippen LogP contribution in [0.4, 0.5) is 4.79 Å². The molecule has 0 aliphatic heterocycles. The van der Waals surface area contributed by atoms with E-state index in [1.54, 1.807) is 0 Å². The minimum absolute atomic E-state index is 0.113. The van der Waals surface area contributed by atoms with E-state index in [4.69, 9.17) is 15.6 Å². The van der Waals surface area contributed by atoms with E-state index in [2.05, 4.69) is 10.1 Å². The molecule has 0 aromatic rings. The van der Waals surface area contributed by atoms with Crippen LogP contribution in [0.15, 0.2) is 0 Å². The first-order valence-electron chi connectivity index (χ1n) is 14.1. The zero-order valence-corrected chi connectivity index (χ0v) is 23.7. The van der Waals surface area contributed by atoms with Crippen molar-refractivity contribution in [2.45, 2.75) is 142 Å². The molecule has 0 heterocycles. The number of nitrogens with one attached hydrogen (secondary N) is 1. The molecule has 0 unspecified atom stereocenters. The maximum absolute atomic E-state index is 11.4. The Bertz CT molecular complexity index is 535. The number of carbonyl (C=O) groups is 3. The van der Waals surface area contributed by atoms with E-state index in [0.717, 1.165) is 51.5 Å². The van der Waals surface area contributed by atoms with Crippen molar-refractivity contribution in [1.29, 1.82) is 0 Å². The fourth-order valence-electron chi connectivity index (χ4n) is 3.54. The Hall–Kier alpha value is -1.83. The number of nitrogens with two attached hydrogens (primary N) is 1.